The number of thiazole rings is 1. The van der Waals surface area contributed by atoms with Gasteiger partial charge in [-0.15, -0.1) is 11.3 Å². The number of rotatable bonds is 7. The molecule has 0 saturated carbocycles. The molecule has 2 aromatic rings. The van der Waals surface area contributed by atoms with E-state index >= 15 is 0 Å². The lowest BCUT2D eigenvalue weighted by atomic mass is 9.96. The van der Waals surface area contributed by atoms with Gasteiger partial charge in [0.1, 0.15) is 11.4 Å². The Kier molecular flexibility index (Phi) is 8.26. The summed E-state index contributed by atoms with van der Waals surface area (Å²) >= 11 is 0.634. The van der Waals surface area contributed by atoms with Crippen LogP contribution in [0.5, 0.6) is 5.75 Å². The molecule has 0 bridgehead atoms. The Hall–Kier alpha value is -2.98. The van der Waals surface area contributed by atoms with Gasteiger partial charge < -0.3 is 25.2 Å². The molecular formula is C23H26F6N4O5S. The molecule has 0 aromatic carbocycles. The normalized spacial score (nSPS) is 16.9. The van der Waals surface area contributed by atoms with Gasteiger partial charge in [0.15, 0.2) is 5.01 Å². The molecule has 2 amide bonds. The number of aliphatic hydroxyl groups is 2. The van der Waals surface area contributed by atoms with Crippen LogP contribution in [-0.4, -0.2) is 81.1 Å². The first kappa shape index (κ1) is 30.6. The summed E-state index contributed by atoms with van der Waals surface area (Å²) in [5.41, 5.74) is -8.88. The minimum Gasteiger partial charge on any atom is -0.496 e. The van der Waals surface area contributed by atoms with E-state index in [2.05, 4.69) is 15.3 Å². The van der Waals surface area contributed by atoms with Crippen molar-refractivity contribution in [2.45, 2.75) is 63.2 Å². The monoisotopic (exact) mass is 584 g/mol. The fourth-order valence-electron chi connectivity index (χ4n) is 3.91. The number of nitrogens with one attached hydrogen (secondary N) is 1. The maximum Gasteiger partial charge on any atom is 0.432 e. The van der Waals surface area contributed by atoms with Crippen molar-refractivity contribution >= 4 is 23.2 Å². The Morgan fingerprint density at radius 3 is 2.28 bits per heavy atom. The first-order valence-corrected chi connectivity index (χ1v) is 12.4. The highest BCUT2D eigenvalue weighted by atomic mass is 32.1. The zero-order valence-corrected chi connectivity index (χ0v) is 22.0. The van der Waals surface area contributed by atoms with Crippen LogP contribution in [0.25, 0.3) is 10.4 Å². The third kappa shape index (κ3) is 5.96. The van der Waals surface area contributed by atoms with Crippen molar-refractivity contribution in [3.05, 3.63) is 28.7 Å². The third-order valence-corrected chi connectivity index (χ3v) is 7.13. The molecule has 1 atom stereocenters. The third-order valence-electron chi connectivity index (χ3n) is 6.04. The Bertz CT molecular complexity index is 1230. The number of likely N-dealkylation sites (tertiary alicyclic amines) is 1. The van der Waals surface area contributed by atoms with Crippen molar-refractivity contribution in [3.8, 4) is 16.2 Å². The van der Waals surface area contributed by atoms with Crippen molar-refractivity contribution in [3.63, 3.8) is 0 Å². The first-order chi connectivity index (χ1) is 17.8. The van der Waals surface area contributed by atoms with Crippen LogP contribution in [0, 0.1) is 0 Å². The summed E-state index contributed by atoms with van der Waals surface area (Å²) < 4.78 is 85.5. The molecule has 1 aliphatic rings. The number of ether oxygens (including phenoxy) is 1. The Balaban J connectivity index is 2.17. The van der Waals surface area contributed by atoms with Crippen LogP contribution in [-0.2, 0) is 5.60 Å². The maximum atomic E-state index is 13.4. The van der Waals surface area contributed by atoms with Crippen molar-refractivity contribution < 1.29 is 50.9 Å². The highest BCUT2D eigenvalue weighted by Gasteiger charge is 2.72. The van der Waals surface area contributed by atoms with E-state index in [-0.39, 0.29) is 39.8 Å². The van der Waals surface area contributed by atoms with Gasteiger partial charge in [0.2, 0.25) is 0 Å². The first-order valence-electron chi connectivity index (χ1n) is 11.5. The number of methoxy groups -OCH3 is 1. The van der Waals surface area contributed by atoms with Crippen LogP contribution in [0.3, 0.4) is 0 Å². The van der Waals surface area contributed by atoms with E-state index in [9.17, 15) is 46.1 Å². The summed E-state index contributed by atoms with van der Waals surface area (Å²) in [7, 11) is 0.963. The van der Waals surface area contributed by atoms with Crippen molar-refractivity contribution in [1.82, 2.24) is 20.2 Å². The molecule has 0 aliphatic carbocycles. The maximum absolute atomic E-state index is 13.4. The van der Waals surface area contributed by atoms with E-state index in [1.807, 2.05) is 0 Å². The number of hydrogen-bond donors (Lipinski definition) is 3. The van der Waals surface area contributed by atoms with Crippen LogP contribution < -0.4 is 10.1 Å². The SMILES string of the molecule is COc1cc(C(O)(C(F)(F)F)C(F)(F)F)ncc1-c1sc(C(=O)NCC(C)(C)O)nc1C(=O)N1CCCC1C. The number of alkyl halides is 6. The molecule has 39 heavy (non-hydrogen) atoms. The van der Waals surface area contributed by atoms with Gasteiger partial charge in [-0.2, -0.15) is 26.3 Å². The molecule has 1 unspecified atom stereocenters. The number of amides is 2. The molecule has 2 aromatic heterocycles. The molecule has 3 N–H and O–H groups in total. The van der Waals surface area contributed by atoms with Crippen LogP contribution in [0.2, 0.25) is 0 Å². The second-order valence-electron chi connectivity index (χ2n) is 9.66. The second-order valence-corrected chi connectivity index (χ2v) is 10.7. The number of carbonyl (C=O) groups is 2. The zero-order chi connectivity index (χ0) is 29.6. The highest BCUT2D eigenvalue weighted by Crippen LogP contribution is 2.50. The van der Waals surface area contributed by atoms with E-state index in [0.29, 0.717) is 36.9 Å². The van der Waals surface area contributed by atoms with Crippen LogP contribution in [0.4, 0.5) is 26.3 Å². The van der Waals surface area contributed by atoms with Gasteiger partial charge in [0, 0.05) is 31.4 Å². The number of nitrogens with zero attached hydrogens (tertiary/aromatic N) is 3. The average Bonchev–Trinajstić information content (AvgIpc) is 3.46. The zero-order valence-electron chi connectivity index (χ0n) is 21.2. The molecule has 9 nitrogen and oxygen atoms in total. The van der Waals surface area contributed by atoms with Crippen LogP contribution >= 0.6 is 11.3 Å². The van der Waals surface area contributed by atoms with Gasteiger partial charge in [0.05, 0.1) is 28.8 Å². The lowest BCUT2D eigenvalue weighted by Gasteiger charge is -2.31. The van der Waals surface area contributed by atoms with E-state index in [1.165, 1.54) is 18.7 Å². The van der Waals surface area contributed by atoms with Crippen molar-refractivity contribution in [2.75, 3.05) is 20.2 Å². The Labute approximate surface area is 222 Å². The lowest BCUT2D eigenvalue weighted by molar-refractivity contribution is -0.377. The van der Waals surface area contributed by atoms with Gasteiger partial charge in [-0.05, 0) is 33.6 Å². The van der Waals surface area contributed by atoms with Crippen LogP contribution in [0.1, 0.15) is 59.6 Å². The molecule has 16 heteroatoms. The Morgan fingerprint density at radius 1 is 1.18 bits per heavy atom. The predicted molar refractivity (Wildman–Crippen MR) is 126 cm³/mol. The number of carbonyl (C=O) groups excluding carboxylic acids is 2. The van der Waals surface area contributed by atoms with Gasteiger partial charge >= 0.3 is 12.4 Å². The van der Waals surface area contributed by atoms with Gasteiger partial charge in [-0.25, -0.2) is 4.98 Å². The molecule has 3 heterocycles. The van der Waals surface area contributed by atoms with Gasteiger partial charge in [-0.1, -0.05) is 0 Å². The van der Waals surface area contributed by atoms with E-state index in [1.54, 1.807) is 6.92 Å². The lowest BCUT2D eigenvalue weighted by Crippen LogP contribution is -2.54. The molecule has 3 rings (SSSR count). The quantitative estimate of drug-likeness (QED) is 0.425. The molecule has 216 valence electrons. The number of pyridine rings is 1. The summed E-state index contributed by atoms with van der Waals surface area (Å²) in [5, 5.41) is 21.8. The molecule has 0 spiro atoms. The van der Waals surface area contributed by atoms with E-state index in [4.69, 9.17) is 4.74 Å². The van der Waals surface area contributed by atoms with Gasteiger partial charge in [0.25, 0.3) is 17.4 Å². The standard InChI is InChI=1S/C23H26F6N4O5S/c1-11-6-5-7-33(11)19(35)15-16(39-18(32-15)17(34)31-10-20(2,3)36)12-9-30-14(8-13(12)38-4)21(37,22(24,25)26)23(27,28)29/h8-9,11,36-37H,5-7,10H2,1-4H3,(H,31,34). The topological polar surface area (TPSA) is 125 Å². The molecule has 1 saturated heterocycles. The summed E-state index contributed by atoms with van der Waals surface area (Å²) in [6.45, 7) is 4.85. The molecule has 1 aliphatic heterocycles. The summed E-state index contributed by atoms with van der Waals surface area (Å²) in [5.74, 6) is -1.97. The van der Waals surface area contributed by atoms with E-state index in [0.717, 1.165) is 7.11 Å². The number of aromatic nitrogens is 2. The average molecular weight is 585 g/mol. The Morgan fingerprint density at radius 2 is 1.79 bits per heavy atom. The minimum atomic E-state index is -6.17. The van der Waals surface area contributed by atoms with Gasteiger partial charge in [-0.3, -0.25) is 14.6 Å². The largest absolute Gasteiger partial charge is 0.496 e. The van der Waals surface area contributed by atoms with Crippen molar-refractivity contribution in [1.29, 1.82) is 0 Å². The second kappa shape index (κ2) is 10.5. The number of halogens is 6. The van der Waals surface area contributed by atoms with E-state index < -0.39 is 46.8 Å². The molecule has 0 radical (unpaired) electrons. The summed E-state index contributed by atoms with van der Waals surface area (Å²) in [6.07, 6.45) is -10.4. The smallest absolute Gasteiger partial charge is 0.432 e. The molecular weight excluding hydrogens is 558 g/mol. The number of hydrogen-bond acceptors (Lipinski definition) is 8. The van der Waals surface area contributed by atoms with Crippen molar-refractivity contribution in [2.24, 2.45) is 0 Å². The fraction of sp³-hybridized carbons (Fsp3) is 0.565. The minimum absolute atomic E-state index is 0.0917. The highest BCUT2D eigenvalue weighted by molar-refractivity contribution is 7.17. The molecule has 1 fully saturated rings. The predicted octanol–water partition coefficient (Wildman–Crippen LogP) is 3.65. The summed E-state index contributed by atoms with van der Waals surface area (Å²) in [6, 6.07) is 0.0899. The summed E-state index contributed by atoms with van der Waals surface area (Å²) in [4.78, 5) is 34.9. The van der Waals surface area contributed by atoms with Crippen LogP contribution in [0.15, 0.2) is 12.3 Å². The fourth-order valence-corrected chi connectivity index (χ4v) is 4.90.